The molecule has 1 saturated heterocycles. The largest absolute Gasteiger partial charge is 0.378 e. The first kappa shape index (κ1) is 19.2. The molecule has 0 aliphatic carbocycles. The Morgan fingerprint density at radius 1 is 1.45 bits per heavy atom. The van der Waals surface area contributed by atoms with Gasteiger partial charge in [0.05, 0.1) is 18.3 Å². The zero-order valence-corrected chi connectivity index (χ0v) is 16.0. The van der Waals surface area contributed by atoms with Crippen molar-refractivity contribution >= 4 is 29.9 Å². The van der Waals surface area contributed by atoms with Crippen molar-refractivity contribution in [3.8, 4) is 0 Å². The highest BCUT2D eigenvalue weighted by Crippen LogP contribution is 2.14. The van der Waals surface area contributed by atoms with Gasteiger partial charge < -0.3 is 15.0 Å². The molecule has 0 saturated carbocycles. The van der Waals surface area contributed by atoms with Crippen LogP contribution in [0.2, 0.25) is 0 Å². The number of nitrogens with zero attached hydrogens (tertiary/aromatic N) is 3. The summed E-state index contributed by atoms with van der Waals surface area (Å²) in [6, 6.07) is 4.05. The summed E-state index contributed by atoms with van der Waals surface area (Å²) in [4.78, 5) is 11.1. The van der Waals surface area contributed by atoms with Crippen molar-refractivity contribution in [1.82, 2.24) is 15.2 Å². The highest BCUT2D eigenvalue weighted by atomic mass is 127. The predicted octanol–water partition coefficient (Wildman–Crippen LogP) is 2.58. The van der Waals surface area contributed by atoms with Crippen LogP contribution in [0.1, 0.15) is 31.0 Å². The van der Waals surface area contributed by atoms with E-state index in [1.165, 1.54) is 5.56 Å². The number of aromatic nitrogens is 1. The third-order valence-electron chi connectivity index (χ3n) is 3.89. The maximum absolute atomic E-state index is 5.69. The second-order valence-corrected chi connectivity index (χ2v) is 5.31. The van der Waals surface area contributed by atoms with Crippen molar-refractivity contribution in [2.75, 3.05) is 26.7 Å². The van der Waals surface area contributed by atoms with E-state index in [0.717, 1.165) is 44.2 Å². The lowest BCUT2D eigenvalue weighted by Crippen LogP contribution is -2.46. The SMILES string of the molecule is CCOC1CCN(C(=NC)NCc2ncccc2C)CC1.I. The van der Waals surface area contributed by atoms with E-state index in [2.05, 4.69) is 40.1 Å². The van der Waals surface area contributed by atoms with Crippen molar-refractivity contribution in [3.05, 3.63) is 29.6 Å². The topological polar surface area (TPSA) is 49.8 Å². The first-order valence-corrected chi connectivity index (χ1v) is 7.72. The van der Waals surface area contributed by atoms with Crippen LogP contribution in [0.5, 0.6) is 0 Å². The molecule has 2 rings (SSSR count). The fourth-order valence-electron chi connectivity index (χ4n) is 2.67. The summed E-state index contributed by atoms with van der Waals surface area (Å²) in [7, 11) is 1.84. The molecule has 22 heavy (non-hydrogen) atoms. The number of hydrogen-bond donors (Lipinski definition) is 1. The van der Waals surface area contributed by atoms with E-state index in [1.54, 1.807) is 0 Å². The van der Waals surface area contributed by atoms with Crippen LogP contribution in [-0.2, 0) is 11.3 Å². The predicted molar refractivity (Wildman–Crippen MR) is 101 cm³/mol. The maximum atomic E-state index is 5.69. The second-order valence-electron chi connectivity index (χ2n) is 5.31. The Balaban J connectivity index is 0.00000242. The van der Waals surface area contributed by atoms with Gasteiger partial charge in [-0.3, -0.25) is 9.98 Å². The van der Waals surface area contributed by atoms with Gasteiger partial charge in [0.15, 0.2) is 5.96 Å². The molecule has 0 aromatic carbocycles. The van der Waals surface area contributed by atoms with Gasteiger partial charge in [-0.05, 0) is 38.3 Å². The summed E-state index contributed by atoms with van der Waals surface area (Å²) < 4.78 is 5.69. The fourth-order valence-corrected chi connectivity index (χ4v) is 2.67. The molecule has 1 aromatic heterocycles. The van der Waals surface area contributed by atoms with Gasteiger partial charge in [-0.25, -0.2) is 0 Å². The van der Waals surface area contributed by atoms with Gasteiger partial charge in [-0.15, -0.1) is 24.0 Å². The molecular weight excluding hydrogens is 391 g/mol. The van der Waals surface area contributed by atoms with Gasteiger partial charge in [0.2, 0.25) is 0 Å². The lowest BCUT2D eigenvalue weighted by atomic mass is 10.1. The van der Waals surface area contributed by atoms with Crippen LogP contribution in [0.4, 0.5) is 0 Å². The van der Waals surface area contributed by atoms with E-state index in [-0.39, 0.29) is 24.0 Å². The third-order valence-corrected chi connectivity index (χ3v) is 3.89. The molecule has 0 spiro atoms. The average molecular weight is 418 g/mol. The Morgan fingerprint density at radius 3 is 2.77 bits per heavy atom. The number of likely N-dealkylation sites (tertiary alicyclic amines) is 1. The van der Waals surface area contributed by atoms with Crippen molar-refractivity contribution in [2.45, 2.75) is 39.3 Å². The smallest absolute Gasteiger partial charge is 0.193 e. The average Bonchev–Trinajstić information content (AvgIpc) is 2.51. The standard InChI is InChI=1S/C16H26N4O.HI/c1-4-21-14-7-10-20(11-8-14)16(17-3)19-12-15-13(2)6-5-9-18-15;/h5-6,9,14H,4,7-8,10-12H2,1-3H3,(H,17,19);1H. The van der Waals surface area contributed by atoms with Crippen LogP contribution in [0.25, 0.3) is 0 Å². The van der Waals surface area contributed by atoms with Gasteiger partial charge in [0, 0.05) is 32.9 Å². The lowest BCUT2D eigenvalue weighted by Gasteiger charge is -2.34. The summed E-state index contributed by atoms with van der Waals surface area (Å²) in [5.74, 6) is 0.954. The molecule has 0 atom stereocenters. The van der Waals surface area contributed by atoms with Crippen LogP contribution in [0.3, 0.4) is 0 Å². The molecule has 1 aliphatic heterocycles. The van der Waals surface area contributed by atoms with Crippen molar-refractivity contribution in [3.63, 3.8) is 0 Å². The minimum atomic E-state index is 0. The monoisotopic (exact) mass is 418 g/mol. The summed E-state index contributed by atoms with van der Waals surface area (Å²) in [6.45, 7) is 7.64. The number of piperidine rings is 1. The number of hydrogen-bond acceptors (Lipinski definition) is 3. The van der Waals surface area contributed by atoms with Crippen LogP contribution in [-0.4, -0.2) is 48.7 Å². The van der Waals surface area contributed by atoms with Crippen LogP contribution in [0, 0.1) is 6.92 Å². The van der Waals surface area contributed by atoms with E-state index in [0.29, 0.717) is 12.6 Å². The van der Waals surface area contributed by atoms with Gasteiger partial charge in [0.1, 0.15) is 0 Å². The van der Waals surface area contributed by atoms with E-state index >= 15 is 0 Å². The molecule has 1 N–H and O–H groups in total. The van der Waals surface area contributed by atoms with Crippen LogP contribution >= 0.6 is 24.0 Å². The maximum Gasteiger partial charge on any atom is 0.193 e. The molecule has 0 unspecified atom stereocenters. The lowest BCUT2D eigenvalue weighted by molar-refractivity contribution is 0.0263. The summed E-state index contributed by atoms with van der Waals surface area (Å²) >= 11 is 0. The summed E-state index contributed by atoms with van der Waals surface area (Å²) in [5.41, 5.74) is 2.28. The second kappa shape index (κ2) is 9.99. The molecule has 124 valence electrons. The number of guanidine groups is 1. The zero-order valence-electron chi connectivity index (χ0n) is 13.7. The van der Waals surface area contributed by atoms with E-state index in [9.17, 15) is 0 Å². The highest BCUT2D eigenvalue weighted by molar-refractivity contribution is 14.0. The molecule has 0 radical (unpaired) electrons. The highest BCUT2D eigenvalue weighted by Gasteiger charge is 2.21. The molecule has 2 heterocycles. The Kier molecular flexibility index (Phi) is 8.70. The molecule has 1 aromatic rings. The number of rotatable bonds is 4. The minimum Gasteiger partial charge on any atom is -0.378 e. The summed E-state index contributed by atoms with van der Waals surface area (Å²) in [5, 5.41) is 3.42. The van der Waals surface area contributed by atoms with Crippen LogP contribution in [0.15, 0.2) is 23.3 Å². The number of nitrogens with one attached hydrogen (secondary N) is 1. The van der Waals surface area contributed by atoms with Gasteiger partial charge in [-0.1, -0.05) is 6.07 Å². The van der Waals surface area contributed by atoms with Gasteiger partial charge in [-0.2, -0.15) is 0 Å². The van der Waals surface area contributed by atoms with Gasteiger partial charge in [0.25, 0.3) is 0 Å². The number of ether oxygens (including phenoxy) is 1. The first-order chi connectivity index (χ1) is 10.2. The Hall–Kier alpha value is -0.890. The molecular formula is C16H27IN4O. The van der Waals surface area contributed by atoms with E-state index in [1.807, 2.05) is 19.3 Å². The molecule has 1 aliphatic rings. The molecule has 5 nitrogen and oxygen atoms in total. The van der Waals surface area contributed by atoms with Crippen molar-refractivity contribution in [1.29, 1.82) is 0 Å². The number of aryl methyl sites for hydroxylation is 1. The number of pyridine rings is 1. The van der Waals surface area contributed by atoms with Crippen LogP contribution < -0.4 is 5.32 Å². The fraction of sp³-hybridized carbons (Fsp3) is 0.625. The first-order valence-electron chi connectivity index (χ1n) is 7.72. The normalized spacial score (nSPS) is 16.3. The van der Waals surface area contributed by atoms with E-state index in [4.69, 9.17) is 4.74 Å². The molecule has 0 bridgehead atoms. The molecule has 0 amide bonds. The van der Waals surface area contributed by atoms with Crippen molar-refractivity contribution < 1.29 is 4.74 Å². The van der Waals surface area contributed by atoms with Gasteiger partial charge >= 0.3 is 0 Å². The summed E-state index contributed by atoms with van der Waals surface area (Å²) in [6.07, 6.45) is 4.37. The Morgan fingerprint density at radius 2 is 2.18 bits per heavy atom. The Labute approximate surface area is 150 Å². The van der Waals surface area contributed by atoms with E-state index < -0.39 is 0 Å². The van der Waals surface area contributed by atoms with Crippen molar-refractivity contribution in [2.24, 2.45) is 4.99 Å². The molecule has 6 heteroatoms. The Bertz CT molecular complexity index is 473. The number of aliphatic imine (C=N–C) groups is 1. The number of halogens is 1. The minimum absolute atomic E-state index is 0. The zero-order chi connectivity index (χ0) is 15.1. The third kappa shape index (κ3) is 5.39. The quantitative estimate of drug-likeness (QED) is 0.464. The molecule has 1 fully saturated rings.